The van der Waals surface area contributed by atoms with Crippen molar-refractivity contribution >= 4 is 21.7 Å². The molecule has 1 fully saturated rings. The molecule has 1 unspecified atom stereocenters. The normalized spacial score (nSPS) is 21.6. The Morgan fingerprint density at radius 3 is 2.86 bits per heavy atom. The Hall–Kier alpha value is -0.570. The van der Waals surface area contributed by atoms with Crippen LogP contribution in [-0.2, 0) is 0 Å². The highest BCUT2D eigenvalue weighted by atomic mass is 79.9. The van der Waals surface area contributed by atoms with E-state index in [1.807, 2.05) is 6.92 Å². The summed E-state index contributed by atoms with van der Waals surface area (Å²) in [5, 5.41) is 0. The van der Waals surface area contributed by atoms with Gasteiger partial charge in [0.05, 0.1) is 5.69 Å². The van der Waals surface area contributed by atoms with Crippen molar-refractivity contribution in [2.24, 2.45) is 5.92 Å². The van der Waals surface area contributed by atoms with Gasteiger partial charge in [0.15, 0.2) is 0 Å². The number of halogens is 1. The standard InChI is InChI=1S/C11H15BrN2/c1-8-5-6-14(7-8)11-4-3-10(12)9(2)13-11/h3-4,8H,5-7H2,1-2H3. The predicted octanol–water partition coefficient (Wildman–Crippen LogP) is 3.00. The molecule has 0 amide bonds. The second kappa shape index (κ2) is 3.89. The number of anilines is 1. The van der Waals surface area contributed by atoms with Crippen LogP contribution in [0.5, 0.6) is 0 Å². The Morgan fingerprint density at radius 2 is 2.29 bits per heavy atom. The van der Waals surface area contributed by atoms with Gasteiger partial charge in [-0.15, -0.1) is 0 Å². The second-order valence-corrected chi connectivity index (χ2v) is 4.93. The summed E-state index contributed by atoms with van der Waals surface area (Å²) in [5.41, 5.74) is 1.07. The van der Waals surface area contributed by atoms with Crippen molar-refractivity contribution in [1.29, 1.82) is 0 Å². The van der Waals surface area contributed by atoms with Crippen molar-refractivity contribution in [2.45, 2.75) is 20.3 Å². The zero-order chi connectivity index (χ0) is 10.1. The van der Waals surface area contributed by atoms with Crippen molar-refractivity contribution in [3.05, 3.63) is 22.3 Å². The maximum atomic E-state index is 4.57. The maximum Gasteiger partial charge on any atom is 0.128 e. The minimum Gasteiger partial charge on any atom is -0.356 e. The zero-order valence-corrected chi connectivity index (χ0v) is 10.2. The largest absolute Gasteiger partial charge is 0.356 e. The van der Waals surface area contributed by atoms with E-state index in [1.165, 1.54) is 6.42 Å². The van der Waals surface area contributed by atoms with E-state index in [9.17, 15) is 0 Å². The lowest BCUT2D eigenvalue weighted by atomic mass is 10.2. The van der Waals surface area contributed by atoms with Gasteiger partial charge in [-0.3, -0.25) is 0 Å². The average molecular weight is 255 g/mol. The van der Waals surface area contributed by atoms with E-state index >= 15 is 0 Å². The molecule has 0 N–H and O–H groups in total. The first-order valence-electron chi connectivity index (χ1n) is 5.05. The Kier molecular flexibility index (Phi) is 2.77. The van der Waals surface area contributed by atoms with Gasteiger partial charge in [0.1, 0.15) is 5.82 Å². The first-order chi connectivity index (χ1) is 6.66. The van der Waals surface area contributed by atoms with Crippen molar-refractivity contribution < 1.29 is 0 Å². The highest BCUT2D eigenvalue weighted by Gasteiger charge is 2.19. The number of nitrogens with zero attached hydrogens (tertiary/aromatic N) is 2. The molecule has 2 heterocycles. The summed E-state index contributed by atoms with van der Waals surface area (Å²) in [6.07, 6.45) is 1.29. The van der Waals surface area contributed by atoms with Crippen molar-refractivity contribution in [1.82, 2.24) is 4.98 Å². The average Bonchev–Trinajstić information content (AvgIpc) is 2.57. The molecule has 0 radical (unpaired) electrons. The van der Waals surface area contributed by atoms with E-state index in [0.717, 1.165) is 35.0 Å². The van der Waals surface area contributed by atoms with Gasteiger partial charge in [0, 0.05) is 17.6 Å². The van der Waals surface area contributed by atoms with Crippen LogP contribution in [0.4, 0.5) is 5.82 Å². The van der Waals surface area contributed by atoms with Gasteiger partial charge in [0.25, 0.3) is 0 Å². The van der Waals surface area contributed by atoms with E-state index in [1.54, 1.807) is 0 Å². The topological polar surface area (TPSA) is 16.1 Å². The number of hydrogen-bond donors (Lipinski definition) is 0. The molecular weight excluding hydrogens is 240 g/mol. The Morgan fingerprint density at radius 1 is 1.50 bits per heavy atom. The molecule has 1 aliphatic heterocycles. The van der Waals surface area contributed by atoms with Gasteiger partial charge in [0.2, 0.25) is 0 Å². The molecule has 0 aromatic carbocycles. The van der Waals surface area contributed by atoms with Gasteiger partial charge >= 0.3 is 0 Å². The lowest BCUT2D eigenvalue weighted by Crippen LogP contribution is -2.20. The first kappa shape index (κ1) is 9.97. The molecule has 0 bridgehead atoms. The molecule has 3 heteroatoms. The third-order valence-corrected chi connectivity index (χ3v) is 3.59. The summed E-state index contributed by atoms with van der Waals surface area (Å²) in [6, 6.07) is 4.18. The Labute approximate surface area is 93.5 Å². The van der Waals surface area contributed by atoms with Crippen molar-refractivity contribution in [2.75, 3.05) is 18.0 Å². The van der Waals surface area contributed by atoms with Crippen LogP contribution in [-0.4, -0.2) is 18.1 Å². The lowest BCUT2D eigenvalue weighted by Gasteiger charge is -2.17. The summed E-state index contributed by atoms with van der Waals surface area (Å²) < 4.78 is 1.09. The monoisotopic (exact) mass is 254 g/mol. The van der Waals surface area contributed by atoms with Crippen LogP contribution in [0, 0.1) is 12.8 Å². The molecule has 76 valence electrons. The fourth-order valence-electron chi connectivity index (χ4n) is 1.85. The third kappa shape index (κ3) is 1.92. The molecule has 14 heavy (non-hydrogen) atoms. The van der Waals surface area contributed by atoms with Crippen LogP contribution >= 0.6 is 15.9 Å². The highest BCUT2D eigenvalue weighted by Crippen LogP contribution is 2.24. The number of pyridine rings is 1. The van der Waals surface area contributed by atoms with Crippen molar-refractivity contribution in [3.8, 4) is 0 Å². The number of aryl methyl sites for hydroxylation is 1. The van der Waals surface area contributed by atoms with E-state index in [0.29, 0.717) is 0 Å². The maximum absolute atomic E-state index is 4.57. The highest BCUT2D eigenvalue weighted by molar-refractivity contribution is 9.10. The quantitative estimate of drug-likeness (QED) is 0.766. The number of rotatable bonds is 1. The fourth-order valence-corrected chi connectivity index (χ4v) is 2.07. The first-order valence-corrected chi connectivity index (χ1v) is 5.84. The van der Waals surface area contributed by atoms with Crippen LogP contribution in [0.1, 0.15) is 19.0 Å². The molecular formula is C11H15BrN2. The van der Waals surface area contributed by atoms with Crippen LogP contribution in [0.25, 0.3) is 0 Å². The van der Waals surface area contributed by atoms with E-state index in [2.05, 4.69) is 44.9 Å². The van der Waals surface area contributed by atoms with Crippen LogP contribution in [0.2, 0.25) is 0 Å². The summed E-state index contributed by atoms with van der Waals surface area (Å²) in [6.45, 7) is 6.63. The molecule has 2 nitrogen and oxygen atoms in total. The molecule has 0 spiro atoms. The van der Waals surface area contributed by atoms with Gasteiger partial charge < -0.3 is 4.90 Å². The predicted molar refractivity (Wildman–Crippen MR) is 62.7 cm³/mol. The minimum absolute atomic E-state index is 0.806. The molecule has 2 rings (SSSR count). The van der Waals surface area contributed by atoms with Gasteiger partial charge in [-0.25, -0.2) is 4.98 Å². The van der Waals surface area contributed by atoms with Gasteiger partial charge in [-0.2, -0.15) is 0 Å². The summed E-state index contributed by atoms with van der Waals surface area (Å²) in [4.78, 5) is 6.93. The second-order valence-electron chi connectivity index (χ2n) is 4.08. The molecule has 0 aliphatic carbocycles. The lowest BCUT2D eigenvalue weighted by molar-refractivity contribution is 0.659. The number of hydrogen-bond acceptors (Lipinski definition) is 2. The molecule has 1 aliphatic rings. The molecule has 1 aromatic rings. The molecule has 1 atom stereocenters. The van der Waals surface area contributed by atoms with Gasteiger partial charge in [-0.05, 0) is 47.3 Å². The third-order valence-electron chi connectivity index (χ3n) is 2.75. The number of aromatic nitrogens is 1. The molecule has 1 aromatic heterocycles. The molecule has 1 saturated heterocycles. The van der Waals surface area contributed by atoms with Crippen LogP contribution in [0.15, 0.2) is 16.6 Å². The Bertz CT molecular complexity index is 338. The smallest absolute Gasteiger partial charge is 0.128 e. The fraction of sp³-hybridized carbons (Fsp3) is 0.545. The van der Waals surface area contributed by atoms with E-state index < -0.39 is 0 Å². The van der Waals surface area contributed by atoms with E-state index in [4.69, 9.17) is 0 Å². The zero-order valence-electron chi connectivity index (χ0n) is 8.63. The van der Waals surface area contributed by atoms with Crippen LogP contribution in [0.3, 0.4) is 0 Å². The summed E-state index contributed by atoms with van der Waals surface area (Å²) in [7, 11) is 0. The minimum atomic E-state index is 0.806. The summed E-state index contributed by atoms with van der Waals surface area (Å²) in [5.74, 6) is 1.93. The summed E-state index contributed by atoms with van der Waals surface area (Å²) >= 11 is 3.47. The van der Waals surface area contributed by atoms with Gasteiger partial charge in [-0.1, -0.05) is 6.92 Å². The van der Waals surface area contributed by atoms with Crippen LogP contribution < -0.4 is 4.90 Å². The van der Waals surface area contributed by atoms with E-state index in [-0.39, 0.29) is 0 Å². The van der Waals surface area contributed by atoms with Crippen molar-refractivity contribution in [3.63, 3.8) is 0 Å². The SMILES string of the molecule is Cc1nc(N2CCC(C)C2)ccc1Br. The Balaban J connectivity index is 2.20. The molecule has 0 saturated carbocycles.